The maximum absolute atomic E-state index is 13.2. The summed E-state index contributed by atoms with van der Waals surface area (Å²) in [4.78, 5) is 12.5. The van der Waals surface area contributed by atoms with Crippen molar-refractivity contribution in [1.29, 1.82) is 0 Å². The molecule has 0 unspecified atom stereocenters. The number of halogens is 3. The normalized spacial score (nSPS) is 10.8. The lowest BCUT2D eigenvalue weighted by molar-refractivity contribution is 0.457. The van der Waals surface area contributed by atoms with Gasteiger partial charge in [0.05, 0.1) is 0 Å². The first kappa shape index (κ1) is 23.8. The Morgan fingerprint density at radius 1 is 1.07 bits per heavy atom. The van der Waals surface area contributed by atoms with E-state index in [9.17, 15) is 4.39 Å². The number of aromatic nitrogens is 2. The molecule has 30 heavy (non-hydrogen) atoms. The molecule has 0 aliphatic rings. The Kier molecular flexibility index (Phi) is 9.75. The van der Waals surface area contributed by atoms with Crippen molar-refractivity contribution in [3.05, 3.63) is 83.0 Å². The van der Waals surface area contributed by atoms with E-state index in [1.165, 1.54) is 12.1 Å². The fraction of sp³-hybridized carbons (Fsp3) is 0.190. The number of nitrogens with zero attached hydrogens (tertiary/aromatic N) is 3. The van der Waals surface area contributed by atoms with Gasteiger partial charge in [-0.15, -0.1) is 24.0 Å². The molecule has 2 heterocycles. The van der Waals surface area contributed by atoms with Crippen LogP contribution in [0.3, 0.4) is 0 Å². The zero-order chi connectivity index (χ0) is 20.5. The van der Waals surface area contributed by atoms with E-state index in [0.717, 1.165) is 17.5 Å². The van der Waals surface area contributed by atoms with Gasteiger partial charge in [0.15, 0.2) is 5.96 Å². The molecule has 158 valence electrons. The van der Waals surface area contributed by atoms with E-state index in [1.807, 2.05) is 12.1 Å². The molecule has 0 radical (unpaired) electrons. The Morgan fingerprint density at radius 3 is 2.53 bits per heavy atom. The highest BCUT2D eigenvalue weighted by atomic mass is 127. The number of hydrogen-bond donors (Lipinski definition) is 2. The van der Waals surface area contributed by atoms with Gasteiger partial charge < -0.3 is 15.4 Å². The average molecular weight is 542 g/mol. The molecule has 0 spiro atoms. The zero-order valence-corrected chi connectivity index (χ0v) is 19.4. The molecule has 9 heteroatoms. The van der Waals surface area contributed by atoms with Gasteiger partial charge >= 0.3 is 0 Å². The summed E-state index contributed by atoms with van der Waals surface area (Å²) in [6.45, 7) is 1.26. The van der Waals surface area contributed by atoms with Gasteiger partial charge in [0, 0.05) is 44.7 Å². The van der Waals surface area contributed by atoms with Gasteiger partial charge in [0.25, 0.3) is 0 Å². The highest BCUT2D eigenvalue weighted by Crippen LogP contribution is 2.19. The van der Waals surface area contributed by atoms with E-state index in [-0.39, 0.29) is 29.8 Å². The van der Waals surface area contributed by atoms with Crippen molar-refractivity contribution in [1.82, 2.24) is 20.6 Å². The van der Waals surface area contributed by atoms with Crippen LogP contribution in [0.15, 0.2) is 65.9 Å². The molecule has 3 rings (SSSR count). The lowest BCUT2D eigenvalue weighted by atomic mass is 10.2. The van der Waals surface area contributed by atoms with Gasteiger partial charge in [0.1, 0.15) is 16.7 Å². The number of rotatable bonds is 7. The Bertz CT molecular complexity index is 954. The lowest BCUT2D eigenvalue weighted by Crippen LogP contribution is -2.37. The Balaban J connectivity index is 0.00000320. The summed E-state index contributed by atoms with van der Waals surface area (Å²) in [5.41, 5.74) is 2.05. The number of ether oxygens (including phenoxy) is 1. The SMILES string of the molecule is CN=C(NCCc1ccc(Cl)nc1)NCc1ccc(Oc2cccc(F)c2)nc1.I. The number of hydrogen-bond acceptors (Lipinski definition) is 4. The van der Waals surface area contributed by atoms with Crippen LogP contribution in [0.2, 0.25) is 5.15 Å². The van der Waals surface area contributed by atoms with Gasteiger partial charge in [-0.1, -0.05) is 29.8 Å². The number of aliphatic imine (C=N–C) groups is 1. The molecule has 0 atom stereocenters. The molecular weight excluding hydrogens is 520 g/mol. The highest BCUT2D eigenvalue weighted by molar-refractivity contribution is 14.0. The summed E-state index contributed by atoms with van der Waals surface area (Å²) in [7, 11) is 1.72. The van der Waals surface area contributed by atoms with E-state index in [4.69, 9.17) is 16.3 Å². The van der Waals surface area contributed by atoms with Crippen molar-refractivity contribution < 1.29 is 9.13 Å². The van der Waals surface area contributed by atoms with Crippen LogP contribution in [0, 0.1) is 5.82 Å². The zero-order valence-electron chi connectivity index (χ0n) is 16.3. The lowest BCUT2D eigenvalue weighted by Gasteiger charge is -2.12. The third-order valence-electron chi connectivity index (χ3n) is 3.99. The summed E-state index contributed by atoms with van der Waals surface area (Å²) in [6.07, 6.45) is 4.27. The molecule has 6 nitrogen and oxygen atoms in total. The molecule has 0 fully saturated rings. The van der Waals surface area contributed by atoms with Gasteiger partial charge in [-0.05, 0) is 35.7 Å². The maximum Gasteiger partial charge on any atom is 0.219 e. The fourth-order valence-electron chi connectivity index (χ4n) is 2.51. The average Bonchev–Trinajstić information content (AvgIpc) is 2.73. The molecule has 1 aromatic carbocycles. The Morgan fingerprint density at radius 2 is 1.87 bits per heavy atom. The minimum absolute atomic E-state index is 0. The van der Waals surface area contributed by atoms with Crippen LogP contribution in [0.5, 0.6) is 11.6 Å². The monoisotopic (exact) mass is 541 g/mol. The van der Waals surface area contributed by atoms with Crippen LogP contribution in [-0.4, -0.2) is 29.5 Å². The second-order valence-corrected chi connectivity index (χ2v) is 6.54. The third kappa shape index (κ3) is 7.75. The van der Waals surface area contributed by atoms with Gasteiger partial charge in [0.2, 0.25) is 5.88 Å². The van der Waals surface area contributed by atoms with Crippen LogP contribution in [0.25, 0.3) is 0 Å². The van der Waals surface area contributed by atoms with E-state index in [1.54, 1.807) is 43.7 Å². The number of nitrogens with one attached hydrogen (secondary N) is 2. The van der Waals surface area contributed by atoms with Crippen molar-refractivity contribution in [3.63, 3.8) is 0 Å². The first-order valence-corrected chi connectivity index (χ1v) is 9.43. The van der Waals surface area contributed by atoms with Gasteiger partial charge in [-0.3, -0.25) is 4.99 Å². The quantitative estimate of drug-likeness (QED) is 0.198. The highest BCUT2D eigenvalue weighted by Gasteiger charge is 2.03. The van der Waals surface area contributed by atoms with Crippen LogP contribution < -0.4 is 15.4 Å². The first-order valence-electron chi connectivity index (χ1n) is 9.05. The molecule has 0 saturated carbocycles. The molecule has 2 N–H and O–H groups in total. The topological polar surface area (TPSA) is 71.4 Å². The van der Waals surface area contributed by atoms with E-state index >= 15 is 0 Å². The first-order chi connectivity index (χ1) is 14.1. The third-order valence-corrected chi connectivity index (χ3v) is 4.22. The summed E-state index contributed by atoms with van der Waals surface area (Å²) in [5.74, 6) is 1.14. The van der Waals surface area contributed by atoms with E-state index < -0.39 is 0 Å². The second kappa shape index (κ2) is 12.3. The van der Waals surface area contributed by atoms with Crippen molar-refractivity contribution in [2.45, 2.75) is 13.0 Å². The maximum atomic E-state index is 13.2. The largest absolute Gasteiger partial charge is 0.439 e. The van der Waals surface area contributed by atoms with Crippen LogP contribution in [-0.2, 0) is 13.0 Å². The van der Waals surface area contributed by atoms with E-state index in [2.05, 4.69) is 25.6 Å². The Labute approximate surface area is 197 Å². The van der Waals surface area contributed by atoms with Crippen molar-refractivity contribution >= 4 is 41.5 Å². The van der Waals surface area contributed by atoms with Gasteiger partial charge in [-0.25, -0.2) is 14.4 Å². The van der Waals surface area contributed by atoms with Crippen LogP contribution in [0.4, 0.5) is 4.39 Å². The molecule has 0 saturated heterocycles. The van der Waals surface area contributed by atoms with Crippen LogP contribution >= 0.6 is 35.6 Å². The number of benzene rings is 1. The van der Waals surface area contributed by atoms with Crippen molar-refractivity contribution in [2.75, 3.05) is 13.6 Å². The van der Waals surface area contributed by atoms with Crippen molar-refractivity contribution in [3.8, 4) is 11.6 Å². The smallest absolute Gasteiger partial charge is 0.219 e. The number of guanidine groups is 1. The molecule has 2 aromatic heterocycles. The van der Waals surface area contributed by atoms with Gasteiger partial charge in [-0.2, -0.15) is 0 Å². The number of pyridine rings is 2. The standard InChI is InChI=1S/C21H21ClFN5O.HI/c1-24-21(25-10-9-15-5-7-19(22)26-12-15)28-14-16-6-8-20(27-13-16)29-18-4-2-3-17(23)11-18;/h2-8,11-13H,9-10,14H2,1H3,(H2,24,25,28);1H. The summed E-state index contributed by atoms with van der Waals surface area (Å²) >= 11 is 5.79. The summed E-state index contributed by atoms with van der Waals surface area (Å²) < 4.78 is 18.8. The Hall–Kier alpha value is -2.46. The minimum atomic E-state index is -0.352. The molecule has 0 aliphatic heterocycles. The minimum Gasteiger partial charge on any atom is -0.439 e. The molecular formula is C21H22ClFIN5O. The molecule has 0 bridgehead atoms. The predicted octanol–water partition coefficient (Wildman–Crippen LogP) is 4.59. The van der Waals surface area contributed by atoms with Crippen LogP contribution in [0.1, 0.15) is 11.1 Å². The molecule has 0 aliphatic carbocycles. The van der Waals surface area contributed by atoms with Crippen molar-refractivity contribution in [2.24, 2.45) is 4.99 Å². The second-order valence-electron chi connectivity index (χ2n) is 6.16. The van der Waals surface area contributed by atoms with E-state index in [0.29, 0.717) is 35.8 Å². The fourth-order valence-corrected chi connectivity index (χ4v) is 2.62. The summed E-state index contributed by atoms with van der Waals surface area (Å²) in [6, 6.07) is 13.3. The summed E-state index contributed by atoms with van der Waals surface area (Å²) in [5, 5.41) is 6.97. The molecule has 3 aromatic rings. The predicted molar refractivity (Wildman–Crippen MR) is 127 cm³/mol. The molecule has 0 amide bonds.